The number of fused-ring (bicyclic) bond motifs is 1. The van der Waals surface area contributed by atoms with Gasteiger partial charge in [-0.25, -0.2) is 8.42 Å². The highest BCUT2D eigenvalue weighted by Gasteiger charge is 2.39. The monoisotopic (exact) mass is 311 g/mol. The van der Waals surface area contributed by atoms with Crippen molar-refractivity contribution in [3.63, 3.8) is 0 Å². The van der Waals surface area contributed by atoms with Gasteiger partial charge in [0.2, 0.25) is 10.0 Å². The normalized spacial score (nSPS) is 22.6. The summed E-state index contributed by atoms with van der Waals surface area (Å²) in [6, 6.07) is 3.81. The fourth-order valence-corrected chi connectivity index (χ4v) is 4.61. The van der Waals surface area contributed by atoms with Crippen molar-refractivity contribution >= 4 is 16.0 Å². The molecule has 2 aliphatic heterocycles. The predicted molar refractivity (Wildman–Crippen MR) is 74.8 cm³/mol. The highest BCUT2D eigenvalue weighted by atomic mass is 32.2. The zero-order valence-corrected chi connectivity index (χ0v) is 12.3. The molecule has 21 heavy (non-hydrogen) atoms. The van der Waals surface area contributed by atoms with Gasteiger partial charge in [-0.15, -0.1) is 0 Å². The first kappa shape index (κ1) is 14.3. The quantitative estimate of drug-likeness (QED) is 0.908. The van der Waals surface area contributed by atoms with Crippen LogP contribution in [0, 0.1) is 0 Å². The number of carboxylic acid groups (broad SMARTS) is 1. The van der Waals surface area contributed by atoms with Crippen LogP contribution in [0.1, 0.15) is 24.8 Å². The molecule has 0 aromatic heterocycles. The fraction of sp³-hybridized carbons (Fsp3) is 0.500. The van der Waals surface area contributed by atoms with E-state index in [4.69, 9.17) is 9.84 Å². The molecule has 3 rings (SSSR count). The summed E-state index contributed by atoms with van der Waals surface area (Å²) in [6.45, 7) is 0.902. The molecule has 0 bridgehead atoms. The fourth-order valence-electron chi connectivity index (χ4n) is 2.91. The first-order valence-electron chi connectivity index (χ1n) is 7.00. The van der Waals surface area contributed by atoms with E-state index in [-0.39, 0.29) is 11.4 Å². The maximum Gasteiger partial charge on any atom is 0.322 e. The maximum atomic E-state index is 12.7. The third-order valence-electron chi connectivity index (χ3n) is 3.98. The van der Waals surface area contributed by atoms with Crippen LogP contribution in [0.5, 0.6) is 5.75 Å². The number of carbonyl (C=O) groups is 1. The van der Waals surface area contributed by atoms with Crippen LogP contribution in [-0.2, 0) is 21.2 Å². The SMILES string of the molecule is O=C(O)[C@H]1CCCN1S(=O)(=O)c1ccc2c(c1)CCCO2. The van der Waals surface area contributed by atoms with Gasteiger partial charge in [0.05, 0.1) is 11.5 Å². The zero-order valence-electron chi connectivity index (χ0n) is 11.5. The van der Waals surface area contributed by atoms with Gasteiger partial charge in [0, 0.05) is 6.54 Å². The number of hydrogen-bond acceptors (Lipinski definition) is 4. The van der Waals surface area contributed by atoms with E-state index in [0.717, 1.165) is 28.5 Å². The molecule has 1 aromatic rings. The number of ether oxygens (including phenoxy) is 1. The van der Waals surface area contributed by atoms with E-state index in [9.17, 15) is 13.2 Å². The van der Waals surface area contributed by atoms with Crippen LogP contribution in [0.3, 0.4) is 0 Å². The molecule has 2 heterocycles. The Morgan fingerprint density at radius 2 is 2.14 bits per heavy atom. The second-order valence-electron chi connectivity index (χ2n) is 5.33. The molecule has 7 heteroatoms. The minimum Gasteiger partial charge on any atom is -0.493 e. The topological polar surface area (TPSA) is 83.9 Å². The standard InChI is InChI=1S/C14H17NO5S/c16-14(17)12-4-1-7-15(12)21(18,19)11-5-6-13-10(9-11)3-2-8-20-13/h5-6,9,12H,1-4,7-8H2,(H,16,17)/t12-/m1/s1. The summed E-state index contributed by atoms with van der Waals surface area (Å²) < 4.78 is 31.9. The molecule has 1 atom stereocenters. The molecule has 2 aliphatic rings. The van der Waals surface area contributed by atoms with Crippen LogP contribution in [0.25, 0.3) is 0 Å². The molecule has 114 valence electrons. The summed E-state index contributed by atoms with van der Waals surface area (Å²) in [5.41, 5.74) is 0.869. The van der Waals surface area contributed by atoms with E-state index in [2.05, 4.69) is 0 Å². The molecule has 0 spiro atoms. The van der Waals surface area contributed by atoms with Crippen molar-refractivity contribution in [3.05, 3.63) is 23.8 Å². The molecule has 0 saturated carbocycles. The van der Waals surface area contributed by atoms with E-state index in [1.54, 1.807) is 12.1 Å². The molecular formula is C14H17NO5S. The second kappa shape index (κ2) is 5.31. The van der Waals surface area contributed by atoms with Crippen molar-refractivity contribution in [2.45, 2.75) is 36.6 Å². The van der Waals surface area contributed by atoms with Crippen molar-refractivity contribution in [3.8, 4) is 5.75 Å². The number of sulfonamides is 1. The van der Waals surface area contributed by atoms with Gasteiger partial charge in [0.25, 0.3) is 0 Å². The Balaban J connectivity index is 1.96. The van der Waals surface area contributed by atoms with E-state index >= 15 is 0 Å². The van der Waals surface area contributed by atoms with Gasteiger partial charge < -0.3 is 9.84 Å². The number of carboxylic acids is 1. The Kier molecular flexibility index (Phi) is 3.62. The second-order valence-corrected chi connectivity index (χ2v) is 7.22. The van der Waals surface area contributed by atoms with Gasteiger partial charge in [-0.2, -0.15) is 4.31 Å². The minimum atomic E-state index is -3.77. The molecule has 0 radical (unpaired) electrons. The highest BCUT2D eigenvalue weighted by Crippen LogP contribution is 2.31. The lowest BCUT2D eigenvalue weighted by Gasteiger charge is -2.23. The number of benzene rings is 1. The Labute approximate surface area is 123 Å². The number of aliphatic carboxylic acids is 1. The summed E-state index contributed by atoms with van der Waals surface area (Å²) in [4.78, 5) is 11.3. The van der Waals surface area contributed by atoms with Gasteiger partial charge in [-0.05, 0) is 49.4 Å². The van der Waals surface area contributed by atoms with Crippen molar-refractivity contribution in [2.75, 3.05) is 13.2 Å². The molecule has 0 amide bonds. The summed E-state index contributed by atoms with van der Waals surface area (Å²) in [5, 5.41) is 9.16. The van der Waals surface area contributed by atoms with Crippen molar-refractivity contribution in [1.82, 2.24) is 4.31 Å². The Morgan fingerprint density at radius 1 is 1.33 bits per heavy atom. The molecule has 6 nitrogen and oxygen atoms in total. The Bertz CT molecular complexity index is 670. The summed E-state index contributed by atoms with van der Waals surface area (Å²) in [5.74, 6) is -0.367. The summed E-state index contributed by atoms with van der Waals surface area (Å²) in [6.07, 6.45) is 2.58. The zero-order chi connectivity index (χ0) is 15.0. The van der Waals surface area contributed by atoms with Gasteiger partial charge in [-0.1, -0.05) is 0 Å². The van der Waals surface area contributed by atoms with Crippen LogP contribution in [-0.4, -0.2) is 43.0 Å². The Morgan fingerprint density at radius 3 is 2.90 bits per heavy atom. The van der Waals surface area contributed by atoms with E-state index in [0.29, 0.717) is 19.4 Å². The van der Waals surface area contributed by atoms with Crippen LogP contribution >= 0.6 is 0 Å². The number of rotatable bonds is 3. The van der Waals surface area contributed by atoms with Crippen LogP contribution in [0.15, 0.2) is 23.1 Å². The van der Waals surface area contributed by atoms with E-state index in [1.807, 2.05) is 0 Å². The minimum absolute atomic E-state index is 0.153. The van der Waals surface area contributed by atoms with Crippen LogP contribution in [0.2, 0.25) is 0 Å². The lowest BCUT2D eigenvalue weighted by atomic mass is 10.1. The number of aryl methyl sites for hydroxylation is 1. The molecular weight excluding hydrogens is 294 g/mol. The van der Waals surface area contributed by atoms with E-state index < -0.39 is 22.0 Å². The molecule has 0 unspecified atom stereocenters. The molecule has 1 N–H and O–H groups in total. The van der Waals surface area contributed by atoms with Crippen LogP contribution in [0.4, 0.5) is 0 Å². The molecule has 1 fully saturated rings. The third kappa shape index (κ3) is 2.51. The van der Waals surface area contributed by atoms with Gasteiger partial charge >= 0.3 is 5.97 Å². The molecule has 0 aliphatic carbocycles. The van der Waals surface area contributed by atoms with Gasteiger partial charge in [0.15, 0.2) is 0 Å². The predicted octanol–water partition coefficient (Wildman–Crippen LogP) is 1.25. The lowest BCUT2D eigenvalue weighted by Crippen LogP contribution is -2.40. The van der Waals surface area contributed by atoms with Crippen molar-refractivity contribution in [2.24, 2.45) is 0 Å². The largest absolute Gasteiger partial charge is 0.493 e. The first-order chi connectivity index (χ1) is 10.00. The maximum absolute atomic E-state index is 12.7. The average Bonchev–Trinajstić information content (AvgIpc) is 2.97. The molecule has 1 saturated heterocycles. The van der Waals surface area contributed by atoms with Crippen molar-refractivity contribution < 1.29 is 23.1 Å². The summed E-state index contributed by atoms with van der Waals surface area (Å²) in [7, 11) is -3.77. The number of hydrogen-bond donors (Lipinski definition) is 1. The lowest BCUT2D eigenvalue weighted by molar-refractivity contribution is -0.140. The van der Waals surface area contributed by atoms with Gasteiger partial charge in [-0.3, -0.25) is 4.79 Å². The van der Waals surface area contributed by atoms with E-state index in [1.165, 1.54) is 6.07 Å². The average molecular weight is 311 g/mol. The van der Waals surface area contributed by atoms with Gasteiger partial charge in [0.1, 0.15) is 11.8 Å². The third-order valence-corrected chi connectivity index (χ3v) is 5.88. The van der Waals surface area contributed by atoms with Crippen LogP contribution < -0.4 is 4.74 Å². The van der Waals surface area contributed by atoms with Crippen molar-refractivity contribution in [1.29, 1.82) is 0 Å². The molecule has 1 aromatic carbocycles. The number of nitrogens with zero attached hydrogens (tertiary/aromatic N) is 1. The first-order valence-corrected chi connectivity index (χ1v) is 8.44. The highest BCUT2D eigenvalue weighted by molar-refractivity contribution is 7.89. The summed E-state index contributed by atoms with van der Waals surface area (Å²) >= 11 is 0. The smallest absolute Gasteiger partial charge is 0.322 e. The Hall–Kier alpha value is -1.60.